The van der Waals surface area contributed by atoms with Crippen LogP contribution in [0, 0.1) is 0 Å². The van der Waals surface area contributed by atoms with Crippen molar-refractivity contribution in [3.8, 4) is 11.1 Å². The van der Waals surface area contributed by atoms with E-state index >= 15 is 0 Å². The van der Waals surface area contributed by atoms with Gasteiger partial charge in [0.15, 0.2) is 5.78 Å². The zero-order chi connectivity index (χ0) is 17.8. The number of hydrogen-bond acceptors (Lipinski definition) is 2. The Morgan fingerprint density at radius 3 is 1.72 bits per heavy atom. The average molecular weight is 329 g/mol. The summed E-state index contributed by atoms with van der Waals surface area (Å²) in [5.74, 6) is 0.0577. The van der Waals surface area contributed by atoms with Crippen LogP contribution in [-0.2, 0) is 0 Å². The maximum Gasteiger partial charge on any atom is 0.193 e. The minimum atomic E-state index is 0.0577. The van der Waals surface area contributed by atoms with Crippen LogP contribution in [0.4, 0.5) is 0 Å². The number of ketones is 1. The van der Waals surface area contributed by atoms with E-state index in [1.165, 1.54) is 5.56 Å². The minimum absolute atomic E-state index is 0.0577. The van der Waals surface area contributed by atoms with E-state index in [2.05, 4.69) is 50.2 Å². The van der Waals surface area contributed by atoms with Crippen LogP contribution in [0.1, 0.15) is 34.5 Å². The van der Waals surface area contributed by atoms with Crippen LogP contribution in [0.15, 0.2) is 78.9 Å². The summed E-state index contributed by atoms with van der Waals surface area (Å²) in [7, 11) is 4.17. The summed E-state index contributed by atoms with van der Waals surface area (Å²) in [5, 5.41) is 0. The van der Waals surface area contributed by atoms with Crippen molar-refractivity contribution in [2.45, 2.75) is 13.0 Å². The highest BCUT2D eigenvalue weighted by molar-refractivity contribution is 6.09. The Morgan fingerprint density at radius 1 is 0.720 bits per heavy atom. The predicted octanol–water partition coefficient (Wildman–Crippen LogP) is 5.21. The monoisotopic (exact) mass is 329 g/mol. The molecule has 2 nitrogen and oxygen atoms in total. The number of benzene rings is 3. The van der Waals surface area contributed by atoms with Gasteiger partial charge < -0.3 is 4.90 Å². The Morgan fingerprint density at radius 2 is 1.20 bits per heavy atom. The minimum Gasteiger partial charge on any atom is -0.303 e. The van der Waals surface area contributed by atoms with Crippen molar-refractivity contribution in [2.24, 2.45) is 0 Å². The molecule has 0 saturated heterocycles. The van der Waals surface area contributed by atoms with Gasteiger partial charge in [-0.2, -0.15) is 0 Å². The molecule has 0 aliphatic rings. The van der Waals surface area contributed by atoms with E-state index in [0.717, 1.165) is 16.7 Å². The lowest BCUT2D eigenvalue weighted by Gasteiger charge is -2.20. The first-order valence-corrected chi connectivity index (χ1v) is 8.53. The van der Waals surface area contributed by atoms with E-state index < -0.39 is 0 Å². The van der Waals surface area contributed by atoms with E-state index in [-0.39, 0.29) is 5.78 Å². The molecule has 0 radical (unpaired) electrons. The number of rotatable bonds is 5. The van der Waals surface area contributed by atoms with Crippen molar-refractivity contribution in [1.82, 2.24) is 4.90 Å². The molecule has 126 valence electrons. The van der Waals surface area contributed by atoms with Crippen molar-refractivity contribution in [1.29, 1.82) is 0 Å². The van der Waals surface area contributed by atoms with Crippen LogP contribution < -0.4 is 0 Å². The highest BCUT2D eigenvalue weighted by Crippen LogP contribution is 2.24. The lowest BCUT2D eigenvalue weighted by atomic mass is 9.98. The van der Waals surface area contributed by atoms with Gasteiger partial charge in [-0.15, -0.1) is 0 Å². The molecule has 0 spiro atoms. The SMILES string of the molecule is CC(c1ccc(-c2ccc(C(=O)c3ccccc3)cc2)cc1)N(C)C. The number of carbonyl (C=O) groups excluding carboxylic acids is 1. The van der Waals surface area contributed by atoms with Crippen LogP contribution in [-0.4, -0.2) is 24.8 Å². The molecule has 0 amide bonds. The van der Waals surface area contributed by atoms with E-state index in [1.807, 2.05) is 54.6 Å². The zero-order valence-electron chi connectivity index (χ0n) is 14.9. The molecule has 0 aliphatic carbocycles. The second-order valence-corrected chi connectivity index (χ2v) is 6.53. The van der Waals surface area contributed by atoms with Gasteiger partial charge in [-0.25, -0.2) is 0 Å². The van der Waals surface area contributed by atoms with E-state index in [1.54, 1.807) is 0 Å². The zero-order valence-corrected chi connectivity index (χ0v) is 14.9. The Labute approximate surface area is 149 Å². The van der Waals surface area contributed by atoms with Crippen molar-refractivity contribution in [2.75, 3.05) is 14.1 Å². The molecule has 0 heterocycles. The van der Waals surface area contributed by atoms with Crippen molar-refractivity contribution >= 4 is 5.78 Å². The fourth-order valence-corrected chi connectivity index (χ4v) is 2.82. The Kier molecular flexibility index (Phi) is 5.11. The molecular formula is C23H23NO. The molecule has 1 unspecified atom stereocenters. The molecule has 2 heteroatoms. The third kappa shape index (κ3) is 3.86. The molecule has 3 aromatic rings. The van der Waals surface area contributed by atoms with Gasteiger partial charge in [-0.3, -0.25) is 4.79 Å². The highest BCUT2D eigenvalue weighted by atomic mass is 16.1. The standard InChI is InChI=1S/C23H23NO/c1-17(24(2)3)18-9-11-19(12-10-18)20-13-15-22(16-14-20)23(25)21-7-5-4-6-8-21/h4-17H,1-3H3. The second kappa shape index (κ2) is 7.45. The first-order valence-electron chi connectivity index (χ1n) is 8.53. The van der Waals surface area contributed by atoms with Crippen LogP contribution in [0.3, 0.4) is 0 Å². The van der Waals surface area contributed by atoms with Gasteiger partial charge in [0.1, 0.15) is 0 Å². The van der Waals surface area contributed by atoms with Gasteiger partial charge in [-0.05, 0) is 37.7 Å². The number of hydrogen-bond donors (Lipinski definition) is 0. The molecular weight excluding hydrogens is 306 g/mol. The van der Waals surface area contributed by atoms with Crippen LogP contribution in [0.25, 0.3) is 11.1 Å². The van der Waals surface area contributed by atoms with Crippen LogP contribution in [0.5, 0.6) is 0 Å². The summed E-state index contributed by atoms with van der Waals surface area (Å²) in [4.78, 5) is 14.7. The summed E-state index contributed by atoms with van der Waals surface area (Å²) in [6.07, 6.45) is 0. The summed E-state index contributed by atoms with van der Waals surface area (Å²) < 4.78 is 0. The third-order valence-corrected chi connectivity index (χ3v) is 4.68. The lowest BCUT2D eigenvalue weighted by Crippen LogP contribution is -2.16. The summed E-state index contributed by atoms with van der Waals surface area (Å²) >= 11 is 0. The van der Waals surface area contributed by atoms with Crippen molar-refractivity contribution in [3.63, 3.8) is 0 Å². The molecule has 3 aromatic carbocycles. The van der Waals surface area contributed by atoms with Crippen LogP contribution >= 0.6 is 0 Å². The van der Waals surface area contributed by atoms with Gasteiger partial charge in [-0.1, -0.05) is 78.9 Å². The molecule has 0 aliphatic heterocycles. The van der Waals surface area contributed by atoms with Gasteiger partial charge in [0, 0.05) is 17.2 Å². The topological polar surface area (TPSA) is 20.3 Å². The second-order valence-electron chi connectivity index (χ2n) is 6.53. The van der Waals surface area contributed by atoms with Crippen LogP contribution in [0.2, 0.25) is 0 Å². The maximum absolute atomic E-state index is 12.5. The Bertz CT molecular complexity index is 834. The predicted molar refractivity (Wildman–Crippen MR) is 104 cm³/mol. The third-order valence-electron chi connectivity index (χ3n) is 4.68. The van der Waals surface area contributed by atoms with Gasteiger partial charge in [0.25, 0.3) is 0 Å². The Hall–Kier alpha value is -2.71. The van der Waals surface area contributed by atoms with Gasteiger partial charge >= 0.3 is 0 Å². The molecule has 1 atom stereocenters. The van der Waals surface area contributed by atoms with E-state index in [0.29, 0.717) is 11.6 Å². The first-order chi connectivity index (χ1) is 12.1. The average Bonchev–Trinajstić information content (AvgIpc) is 2.67. The fourth-order valence-electron chi connectivity index (χ4n) is 2.82. The quantitative estimate of drug-likeness (QED) is 0.599. The highest BCUT2D eigenvalue weighted by Gasteiger charge is 2.10. The summed E-state index contributed by atoms with van der Waals surface area (Å²) in [6, 6.07) is 26.2. The molecule has 0 fully saturated rings. The van der Waals surface area contributed by atoms with Crippen molar-refractivity contribution in [3.05, 3.63) is 95.6 Å². The molecule has 0 bridgehead atoms. The molecule has 3 rings (SSSR count). The van der Waals surface area contributed by atoms with Crippen molar-refractivity contribution < 1.29 is 4.79 Å². The molecule has 0 saturated carbocycles. The smallest absolute Gasteiger partial charge is 0.193 e. The first kappa shape index (κ1) is 17.1. The lowest BCUT2D eigenvalue weighted by molar-refractivity contribution is 0.103. The normalized spacial score (nSPS) is 12.2. The van der Waals surface area contributed by atoms with E-state index in [9.17, 15) is 4.79 Å². The summed E-state index contributed by atoms with van der Waals surface area (Å²) in [6.45, 7) is 2.19. The largest absolute Gasteiger partial charge is 0.303 e. The van der Waals surface area contributed by atoms with Gasteiger partial charge in [0.05, 0.1) is 0 Å². The summed E-state index contributed by atoms with van der Waals surface area (Å²) in [5.41, 5.74) is 5.01. The number of nitrogens with zero attached hydrogens (tertiary/aromatic N) is 1. The van der Waals surface area contributed by atoms with E-state index in [4.69, 9.17) is 0 Å². The molecule has 25 heavy (non-hydrogen) atoms. The number of carbonyl (C=O) groups is 1. The van der Waals surface area contributed by atoms with Gasteiger partial charge in [0.2, 0.25) is 0 Å². The maximum atomic E-state index is 12.5. The Balaban J connectivity index is 1.80. The fraction of sp³-hybridized carbons (Fsp3) is 0.174. The molecule has 0 aromatic heterocycles. The molecule has 0 N–H and O–H groups in total.